The topological polar surface area (TPSA) is 21.6 Å². The second kappa shape index (κ2) is 1.72. The molecule has 0 amide bonds. The van der Waals surface area contributed by atoms with Crippen LogP contribution >= 0.6 is 0 Å². The molecule has 1 aliphatic carbocycles. The highest BCUT2D eigenvalue weighted by Crippen LogP contribution is 2.34. The minimum atomic E-state index is 0.348. The Morgan fingerprint density at radius 1 is 1.56 bits per heavy atom. The van der Waals surface area contributed by atoms with Crippen LogP contribution in [0.15, 0.2) is 5.16 Å². The second-order valence-corrected chi connectivity index (χ2v) is 2.98. The monoisotopic (exact) mass is 125 g/mol. The van der Waals surface area contributed by atoms with Crippen LogP contribution in [0, 0.1) is 5.92 Å². The SMILES string of the molecule is CC1CC(C2CC2)=NO1. The zero-order valence-corrected chi connectivity index (χ0v) is 5.63. The van der Waals surface area contributed by atoms with Crippen molar-refractivity contribution < 1.29 is 4.84 Å². The van der Waals surface area contributed by atoms with Crippen LogP contribution < -0.4 is 0 Å². The molecule has 1 fully saturated rings. The lowest BCUT2D eigenvalue weighted by Crippen LogP contribution is -2.02. The van der Waals surface area contributed by atoms with E-state index in [1.807, 2.05) is 0 Å². The molecule has 1 aliphatic heterocycles. The van der Waals surface area contributed by atoms with E-state index in [0.29, 0.717) is 6.10 Å². The summed E-state index contributed by atoms with van der Waals surface area (Å²) in [7, 11) is 0. The normalized spacial score (nSPS) is 33.9. The van der Waals surface area contributed by atoms with E-state index in [-0.39, 0.29) is 0 Å². The van der Waals surface area contributed by atoms with E-state index in [4.69, 9.17) is 4.84 Å². The summed E-state index contributed by atoms with van der Waals surface area (Å²) in [6.45, 7) is 2.07. The lowest BCUT2D eigenvalue weighted by atomic mass is 10.1. The summed E-state index contributed by atoms with van der Waals surface area (Å²) in [5.41, 5.74) is 1.31. The largest absolute Gasteiger partial charge is 0.392 e. The van der Waals surface area contributed by atoms with E-state index in [1.165, 1.54) is 18.6 Å². The van der Waals surface area contributed by atoms with Crippen molar-refractivity contribution in [1.82, 2.24) is 0 Å². The van der Waals surface area contributed by atoms with Crippen LogP contribution in [0.25, 0.3) is 0 Å². The zero-order chi connectivity index (χ0) is 6.27. The Kier molecular flexibility index (Phi) is 1.01. The summed E-state index contributed by atoms with van der Waals surface area (Å²) < 4.78 is 0. The van der Waals surface area contributed by atoms with Gasteiger partial charge in [0.1, 0.15) is 6.10 Å². The number of oxime groups is 1. The van der Waals surface area contributed by atoms with Crippen molar-refractivity contribution in [3.8, 4) is 0 Å². The van der Waals surface area contributed by atoms with E-state index >= 15 is 0 Å². The van der Waals surface area contributed by atoms with Gasteiger partial charge < -0.3 is 4.84 Å². The van der Waals surface area contributed by atoms with Crippen LogP contribution in [0.1, 0.15) is 26.2 Å². The molecule has 1 saturated carbocycles. The van der Waals surface area contributed by atoms with Gasteiger partial charge in [0, 0.05) is 12.3 Å². The van der Waals surface area contributed by atoms with E-state index < -0.39 is 0 Å². The molecule has 9 heavy (non-hydrogen) atoms. The molecule has 0 radical (unpaired) electrons. The Bertz CT molecular complexity index is 149. The molecule has 0 aromatic carbocycles. The molecular weight excluding hydrogens is 114 g/mol. The fourth-order valence-corrected chi connectivity index (χ4v) is 1.18. The fourth-order valence-electron chi connectivity index (χ4n) is 1.18. The predicted octanol–water partition coefficient (Wildman–Crippen LogP) is 1.56. The summed E-state index contributed by atoms with van der Waals surface area (Å²) >= 11 is 0. The Hall–Kier alpha value is -0.530. The number of hydrogen-bond donors (Lipinski definition) is 0. The first-order valence-electron chi connectivity index (χ1n) is 3.59. The molecule has 1 unspecified atom stereocenters. The number of hydrogen-bond acceptors (Lipinski definition) is 2. The lowest BCUT2D eigenvalue weighted by Gasteiger charge is -1.94. The average molecular weight is 125 g/mol. The Labute approximate surface area is 54.9 Å². The lowest BCUT2D eigenvalue weighted by molar-refractivity contribution is 0.0995. The van der Waals surface area contributed by atoms with E-state index in [9.17, 15) is 0 Å². The maximum absolute atomic E-state index is 5.05. The van der Waals surface area contributed by atoms with Crippen molar-refractivity contribution in [3.63, 3.8) is 0 Å². The summed E-state index contributed by atoms with van der Waals surface area (Å²) in [5.74, 6) is 0.801. The molecule has 1 atom stereocenters. The van der Waals surface area contributed by atoms with Crippen LogP contribution in [0.3, 0.4) is 0 Å². The standard InChI is InChI=1S/C7H11NO/c1-5-4-7(8-9-5)6-2-3-6/h5-6H,2-4H2,1H3. The van der Waals surface area contributed by atoms with Gasteiger partial charge >= 0.3 is 0 Å². The molecular formula is C7H11NO. The number of rotatable bonds is 1. The average Bonchev–Trinajstić information content (AvgIpc) is 2.58. The molecule has 0 N–H and O–H groups in total. The van der Waals surface area contributed by atoms with E-state index in [1.54, 1.807) is 0 Å². The smallest absolute Gasteiger partial charge is 0.130 e. The van der Waals surface area contributed by atoms with E-state index in [2.05, 4.69) is 12.1 Å². The molecule has 50 valence electrons. The summed E-state index contributed by atoms with van der Waals surface area (Å²) in [6, 6.07) is 0. The first-order valence-corrected chi connectivity index (χ1v) is 3.59. The van der Waals surface area contributed by atoms with Gasteiger partial charge in [0.05, 0.1) is 5.71 Å². The quantitative estimate of drug-likeness (QED) is 0.521. The van der Waals surface area contributed by atoms with Gasteiger partial charge in [-0.15, -0.1) is 0 Å². The van der Waals surface area contributed by atoms with Gasteiger partial charge in [0.15, 0.2) is 0 Å². The molecule has 0 saturated heterocycles. The van der Waals surface area contributed by atoms with Gasteiger partial charge in [0.25, 0.3) is 0 Å². The second-order valence-electron chi connectivity index (χ2n) is 2.98. The maximum Gasteiger partial charge on any atom is 0.130 e. The van der Waals surface area contributed by atoms with Gasteiger partial charge in [-0.05, 0) is 19.8 Å². The van der Waals surface area contributed by atoms with Crippen molar-refractivity contribution >= 4 is 5.71 Å². The first-order chi connectivity index (χ1) is 4.36. The van der Waals surface area contributed by atoms with E-state index in [0.717, 1.165) is 12.3 Å². The minimum absolute atomic E-state index is 0.348. The van der Waals surface area contributed by atoms with Crippen LogP contribution in [-0.4, -0.2) is 11.8 Å². The van der Waals surface area contributed by atoms with Crippen LogP contribution in [-0.2, 0) is 4.84 Å². The van der Waals surface area contributed by atoms with Gasteiger partial charge in [-0.25, -0.2) is 0 Å². The van der Waals surface area contributed by atoms with Gasteiger partial charge in [-0.2, -0.15) is 0 Å². The van der Waals surface area contributed by atoms with Gasteiger partial charge in [-0.3, -0.25) is 0 Å². The fraction of sp³-hybridized carbons (Fsp3) is 0.857. The maximum atomic E-state index is 5.05. The third-order valence-corrected chi connectivity index (χ3v) is 1.90. The molecule has 0 aromatic rings. The van der Waals surface area contributed by atoms with Crippen LogP contribution in [0.2, 0.25) is 0 Å². The van der Waals surface area contributed by atoms with Gasteiger partial charge in [-0.1, -0.05) is 5.16 Å². The highest BCUT2D eigenvalue weighted by atomic mass is 16.6. The van der Waals surface area contributed by atoms with Crippen molar-refractivity contribution in [2.75, 3.05) is 0 Å². The Morgan fingerprint density at radius 3 is 2.78 bits per heavy atom. The third kappa shape index (κ3) is 0.934. The highest BCUT2D eigenvalue weighted by Gasteiger charge is 2.32. The Balaban J connectivity index is 1.98. The molecule has 2 nitrogen and oxygen atoms in total. The summed E-state index contributed by atoms with van der Waals surface area (Å²) in [5, 5.41) is 4.00. The highest BCUT2D eigenvalue weighted by molar-refractivity contribution is 5.89. The molecule has 0 aromatic heterocycles. The zero-order valence-electron chi connectivity index (χ0n) is 5.63. The van der Waals surface area contributed by atoms with Crippen molar-refractivity contribution in [3.05, 3.63) is 0 Å². The Morgan fingerprint density at radius 2 is 2.33 bits per heavy atom. The van der Waals surface area contributed by atoms with Crippen molar-refractivity contribution in [2.45, 2.75) is 32.3 Å². The summed E-state index contributed by atoms with van der Waals surface area (Å²) in [6.07, 6.45) is 4.11. The molecule has 1 heterocycles. The van der Waals surface area contributed by atoms with Gasteiger partial charge in [0.2, 0.25) is 0 Å². The van der Waals surface area contributed by atoms with Crippen molar-refractivity contribution in [1.29, 1.82) is 0 Å². The third-order valence-electron chi connectivity index (χ3n) is 1.90. The molecule has 0 spiro atoms. The molecule has 2 aliphatic rings. The molecule has 0 bridgehead atoms. The first kappa shape index (κ1) is 5.27. The summed E-state index contributed by atoms with van der Waals surface area (Å²) in [4.78, 5) is 5.05. The predicted molar refractivity (Wildman–Crippen MR) is 35.3 cm³/mol. The molecule has 2 heteroatoms. The van der Waals surface area contributed by atoms with Crippen LogP contribution in [0.5, 0.6) is 0 Å². The number of nitrogens with zero attached hydrogens (tertiary/aromatic N) is 1. The van der Waals surface area contributed by atoms with Crippen LogP contribution in [0.4, 0.5) is 0 Å². The van der Waals surface area contributed by atoms with Crippen molar-refractivity contribution in [2.24, 2.45) is 11.1 Å². The minimum Gasteiger partial charge on any atom is -0.392 e. The molecule has 2 rings (SSSR count).